The second kappa shape index (κ2) is 9.42. The molecule has 1 saturated heterocycles. The number of methoxy groups -OCH3 is 2. The summed E-state index contributed by atoms with van der Waals surface area (Å²) < 4.78 is 10.9. The number of allylic oxidation sites excluding steroid dienone is 1. The van der Waals surface area contributed by atoms with Gasteiger partial charge < -0.3 is 14.6 Å². The van der Waals surface area contributed by atoms with Gasteiger partial charge in [-0.3, -0.25) is 9.69 Å². The van der Waals surface area contributed by atoms with Crippen molar-refractivity contribution in [2.24, 2.45) is 0 Å². The number of nitrogens with zero attached hydrogens (tertiary/aromatic N) is 1. The molecule has 0 amide bonds. The van der Waals surface area contributed by atoms with Crippen LogP contribution in [0.4, 0.5) is 0 Å². The van der Waals surface area contributed by atoms with E-state index in [2.05, 4.69) is 4.90 Å². The van der Waals surface area contributed by atoms with Gasteiger partial charge in [0.15, 0.2) is 5.78 Å². The number of phenols is 1. The van der Waals surface area contributed by atoms with Gasteiger partial charge in [0.25, 0.3) is 0 Å². The third kappa shape index (κ3) is 4.54. The van der Waals surface area contributed by atoms with Gasteiger partial charge in [-0.05, 0) is 37.6 Å². The summed E-state index contributed by atoms with van der Waals surface area (Å²) in [5, 5.41) is 11.0. The Bertz CT molecular complexity index is 839. The standard InChI is InChI=1S/C23H27NO4/c1-27-20-15-21(28-2)22(19(25)12-11-17-9-5-3-6-10-17)23(26)18(20)16-24-13-7-4-8-14-24/h3,5-6,9-12,15,26H,4,7-8,13-14,16H2,1-2H3/b12-11+. The molecule has 2 aromatic carbocycles. The molecule has 1 aliphatic rings. The number of ether oxygens (including phenoxy) is 2. The van der Waals surface area contributed by atoms with Crippen molar-refractivity contribution in [1.82, 2.24) is 4.90 Å². The zero-order valence-corrected chi connectivity index (χ0v) is 16.5. The van der Waals surface area contributed by atoms with Crippen molar-refractivity contribution in [2.45, 2.75) is 25.8 Å². The van der Waals surface area contributed by atoms with E-state index in [0.717, 1.165) is 31.5 Å². The summed E-state index contributed by atoms with van der Waals surface area (Å²) >= 11 is 0. The smallest absolute Gasteiger partial charge is 0.193 e. The number of phenolic OH excluding ortho intramolecular Hbond substituents is 1. The van der Waals surface area contributed by atoms with Crippen molar-refractivity contribution in [3.05, 3.63) is 59.2 Å². The highest BCUT2D eigenvalue weighted by Crippen LogP contribution is 2.40. The van der Waals surface area contributed by atoms with E-state index in [4.69, 9.17) is 9.47 Å². The van der Waals surface area contributed by atoms with Crippen LogP contribution < -0.4 is 9.47 Å². The number of carbonyl (C=O) groups is 1. The molecule has 28 heavy (non-hydrogen) atoms. The fourth-order valence-corrected chi connectivity index (χ4v) is 3.56. The van der Waals surface area contributed by atoms with Crippen LogP contribution >= 0.6 is 0 Å². The minimum absolute atomic E-state index is 0.0653. The Morgan fingerprint density at radius 1 is 1.07 bits per heavy atom. The maximum absolute atomic E-state index is 12.9. The first kappa shape index (κ1) is 20.0. The largest absolute Gasteiger partial charge is 0.507 e. The van der Waals surface area contributed by atoms with E-state index in [0.29, 0.717) is 23.6 Å². The van der Waals surface area contributed by atoms with E-state index in [1.165, 1.54) is 19.6 Å². The maximum atomic E-state index is 12.9. The first-order valence-corrected chi connectivity index (χ1v) is 9.60. The van der Waals surface area contributed by atoms with Crippen LogP contribution in [-0.2, 0) is 6.54 Å². The lowest BCUT2D eigenvalue weighted by Crippen LogP contribution is -2.29. The minimum Gasteiger partial charge on any atom is -0.507 e. The van der Waals surface area contributed by atoms with Crippen molar-refractivity contribution in [2.75, 3.05) is 27.3 Å². The lowest BCUT2D eigenvalue weighted by molar-refractivity contribution is 0.104. The summed E-state index contributed by atoms with van der Waals surface area (Å²) in [4.78, 5) is 15.2. The predicted molar refractivity (Wildman–Crippen MR) is 110 cm³/mol. The molecular weight excluding hydrogens is 354 g/mol. The fraction of sp³-hybridized carbons (Fsp3) is 0.348. The lowest BCUT2D eigenvalue weighted by Gasteiger charge is -2.28. The first-order valence-electron chi connectivity index (χ1n) is 9.60. The van der Waals surface area contributed by atoms with E-state index in [1.807, 2.05) is 30.3 Å². The summed E-state index contributed by atoms with van der Waals surface area (Å²) in [5.74, 6) is 0.466. The number of benzene rings is 2. The number of aromatic hydroxyl groups is 1. The van der Waals surface area contributed by atoms with Gasteiger partial charge in [0, 0.05) is 12.6 Å². The molecule has 0 radical (unpaired) electrons. The molecule has 1 fully saturated rings. The summed E-state index contributed by atoms with van der Waals surface area (Å²) in [6.45, 7) is 2.50. The molecule has 0 aromatic heterocycles. The highest BCUT2D eigenvalue weighted by Gasteiger charge is 2.24. The Morgan fingerprint density at radius 2 is 1.75 bits per heavy atom. The Morgan fingerprint density at radius 3 is 2.39 bits per heavy atom. The molecule has 0 saturated carbocycles. The average molecular weight is 381 g/mol. The van der Waals surface area contributed by atoms with Gasteiger partial charge in [0.05, 0.1) is 19.8 Å². The number of carbonyl (C=O) groups excluding carboxylic acids is 1. The summed E-state index contributed by atoms with van der Waals surface area (Å²) in [7, 11) is 3.04. The Labute approximate surface area is 166 Å². The van der Waals surface area contributed by atoms with Gasteiger partial charge >= 0.3 is 0 Å². The van der Waals surface area contributed by atoms with Crippen molar-refractivity contribution < 1.29 is 19.4 Å². The molecule has 0 atom stereocenters. The van der Waals surface area contributed by atoms with Gasteiger partial charge in [-0.15, -0.1) is 0 Å². The average Bonchev–Trinajstić information content (AvgIpc) is 2.74. The van der Waals surface area contributed by atoms with E-state index < -0.39 is 0 Å². The molecule has 0 unspecified atom stereocenters. The van der Waals surface area contributed by atoms with Crippen LogP contribution in [0.2, 0.25) is 0 Å². The van der Waals surface area contributed by atoms with Crippen molar-refractivity contribution >= 4 is 11.9 Å². The van der Waals surface area contributed by atoms with Gasteiger partial charge in [-0.2, -0.15) is 0 Å². The molecule has 3 rings (SSSR count). The molecule has 1 heterocycles. The normalized spacial score (nSPS) is 14.9. The Hall–Kier alpha value is -2.79. The molecular formula is C23H27NO4. The zero-order valence-electron chi connectivity index (χ0n) is 16.5. The molecule has 148 valence electrons. The summed E-state index contributed by atoms with van der Waals surface area (Å²) in [6, 6.07) is 11.2. The van der Waals surface area contributed by atoms with Crippen LogP contribution in [0.3, 0.4) is 0 Å². The SMILES string of the molecule is COc1cc(OC)c(C(=O)/C=C/c2ccccc2)c(O)c1CN1CCCCC1. The number of rotatable bonds is 7. The number of hydrogen-bond acceptors (Lipinski definition) is 5. The lowest BCUT2D eigenvalue weighted by atomic mass is 10.0. The van der Waals surface area contributed by atoms with Gasteiger partial charge in [-0.25, -0.2) is 0 Å². The van der Waals surface area contributed by atoms with Crippen molar-refractivity contribution in [3.8, 4) is 17.2 Å². The van der Waals surface area contributed by atoms with E-state index in [1.54, 1.807) is 19.3 Å². The van der Waals surface area contributed by atoms with Crippen LogP contribution in [0.1, 0.15) is 40.7 Å². The second-order valence-electron chi connectivity index (χ2n) is 6.93. The number of ketones is 1. The highest BCUT2D eigenvalue weighted by atomic mass is 16.5. The molecule has 1 N–H and O–H groups in total. The van der Waals surface area contributed by atoms with Crippen LogP contribution in [0.25, 0.3) is 6.08 Å². The monoisotopic (exact) mass is 381 g/mol. The number of likely N-dealkylation sites (tertiary alicyclic amines) is 1. The molecule has 2 aromatic rings. The third-order valence-corrected chi connectivity index (χ3v) is 5.07. The molecule has 0 bridgehead atoms. The van der Waals surface area contributed by atoms with Crippen LogP contribution in [0, 0.1) is 0 Å². The second-order valence-corrected chi connectivity index (χ2v) is 6.93. The topological polar surface area (TPSA) is 59.0 Å². The van der Waals surface area contributed by atoms with Crippen molar-refractivity contribution in [1.29, 1.82) is 0 Å². The summed E-state index contributed by atoms with van der Waals surface area (Å²) in [5.41, 5.74) is 1.71. The fourth-order valence-electron chi connectivity index (χ4n) is 3.56. The summed E-state index contributed by atoms with van der Waals surface area (Å²) in [6.07, 6.45) is 6.71. The van der Waals surface area contributed by atoms with Crippen LogP contribution in [0.5, 0.6) is 17.2 Å². The quantitative estimate of drug-likeness (QED) is 0.573. The first-order chi connectivity index (χ1) is 13.6. The van der Waals surface area contributed by atoms with Gasteiger partial charge in [-0.1, -0.05) is 42.8 Å². The number of piperidine rings is 1. The molecule has 1 aliphatic heterocycles. The van der Waals surface area contributed by atoms with Gasteiger partial charge in [0.1, 0.15) is 22.8 Å². The van der Waals surface area contributed by atoms with E-state index >= 15 is 0 Å². The molecule has 0 aliphatic carbocycles. The highest BCUT2D eigenvalue weighted by molar-refractivity contribution is 6.11. The third-order valence-electron chi connectivity index (χ3n) is 5.07. The Balaban J connectivity index is 1.95. The van der Waals surface area contributed by atoms with Crippen molar-refractivity contribution in [3.63, 3.8) is 0 Å². The maximum Gasteiger partial charge on any atom is 0.193 e. The minimum atomic E-state index is -0.305. The van der Waals surface area contributed by atoms with Crippen LogP contribution in [0.15, 0.2) is 42.5 Å². The van der Waals surface area contributed by atoms with E-state index in [-0.39, 0.29) is 17.1 Å². The van der Waals surface area contributed by atoms with Crippen LogP contribution in [-0.4, -0.2) is 43.1 Å². The van der Waals surface area contributed by atoms with Gasteiger partial charge in [0.2, 0.25) is 0 Å². The molecule has 5 nitrogen and oxygen atoms in total. The number of hydrogen-bond donors (Lipinski definition) is 1. The molecule has 0 spiro atoms. The Kier molecular flexibility index (Phi) is 6.71. The molecule has 5 heteroatoms. The predicted octanol–water partition coefficient (Wildman–Crippen LogP) is 4.29. The van der Waals surface area contributed by atoms with E-state index in [9.17, 15) is 9.90 Å². The zero-order chi connectivity index (χ0) is 19.9.